The van der Waals surface area contributed by atoms with Crippen LogP contribution in [0.15, 0.2) is 140 Å². The van der Waals surface area contributed by atoms with E-state index in [9.17, 15) is 0 Å². The SMILES string of the molecule is F[B-]1(F)OC(c2[nH]cc(-c3ccccc3)c2-c2ccccc2)=CC(c2[nH]cc(-c3ccccc3)c2-c2ccccc2)=[O+]1. The van der Waals surface area contributed by atoms with Gasteiger partial charge in [0.05, 0.1) is 11.8 Å². The number of rotatable bonds is 6. The Balaban J connectivity index is 1.42. The summed E-state index contributed by atoms with van der Waals surface area (Å²) in [6.45, 7) is 0. The molecule has 3 heterocycles. The van der Waals surface area contributed by atoms with E-state index in [0.29, 0.717) is 11.4 Å². The standard InChI is InChI=1S/C35H25BF2N2O2/c37-36(38)41-30(34-32(26-17-9-3-10-18-26)28(22-39-34)24-13-5-1-6-14-24)21-31(42-36)35-33(27-19-11-4-12-20-27)29(23-40-35)25-15-7-2-8-16-25/h1-23,39-40H. The number of halogens is 2. The van der Waals surface area contributed by atoms with Gasteiger partial charge in [-0.15, -0.1) is 0 Å². The first-order valence-corrected chi connectivity index (χ1v) is 13.7. The summed E-state index contributed by atoms with van der Waals surface area (Å²) < 4.78 is 41.2. The van der Waals surface area contributed by atoms with Crippen LogP contribution in [0.25, 0.3) is 50.3 Å². The van der Waals surface area contributed by atoms with Gasteiger partial charge in [0.1, 0.15) is 11.5 Å². The monoisotopic (exact) mass is 554 g/mol. The van der Waals surface area contributed by atoms with Crippen LogP contribution in [0.1, 0.15) is 15.7 Å². The molecule has 4 nitrogen and oxygen atoms in total. The number of aromatic nitrogens is 2. The average Bonchev–Trinajstić information content (AvgIpc) is 3.68. The molecule has 0 saturated heterocycles. The van der Waals surface area contributed by atoms with Crippen molar-refractivity contribution in [3.8, 4) is 44.5 Å². The average molecular weight is 554 g/mol. The van der Waals surface area contributed by atoms with E-state index in [1.807, 2.05) is 134 Å². The van der Waals surface area contributed by atoms with Crippen LogP contribution in [-0.4, -0.2) is 22.9 Å². The molecular formula is C35H25BF2N2O2. The Hall–Kier alpha value is -5.43. The number of benzene rings is 4. The zero-order valence-electron chi connectivity index (χ0n) is 22.4. The molecule has 7 rings (SSSR count). The largest absolute Gasteiger partial charge is 0.995 e. The molecule has 2 N–H and O–H groups in total. The Morgan fingerprint density at radius 2 is 0.929 bits per heavy atom. The number of allylic oxidation sites excluding steroid dienone is 1. The molecule has 6 aromatic rings. The fraction of sp³-hybridized carbons (Fsp3) is 0. The van der Waals surface area contributed by atoms with Crippen molar-refractivity contribution in [2.24, 2.45) is 0 Å². The number of hydrogen-bond donors (Lipinski definition) is 2. The molecule has 0 fully saturated rings. The summed E-state index contributed by atoms with van der Waals surface area (Å²) in [7, 11) is -4.67. The lowest BCUT2D eigenvalue weighted by atomic mass is 9.93. The van der Waals surface area contributed by atoms with Crippen LogP contribution in [0.2, 0.25) is 0 Å². The van der Waals surface area contributed by atoms with E-state index in [1.54, 1.807) is 6.08 Å². The van der Waals surface area contributed by atoms with E-state index in [-0.39, 0.29) is 11.5 Å². The summed E-state index contributed by atoms with van der Waals surface area (Å²) in [5, 5.41) is 0. The summed E-state index contributed by atoms with van der Waals surface area (Å²) in [6.07, 6.45) is 5.20. The normalized spacial score (nSPS) is 14.1. The first-order valence-electron chi connectivity index (χ1n) is 13.7. The van der Waals surface area contributed by atoms with Gasteiger partial charge in [-0.1, -0.05) is 121 Å². The Labute approximate surface area is 241 Å². The lowest BCUT2D eigenvalue weighted by Gasteiger charge is -2.21. The fourth-order valence-electron chi connectivity index (χ4n) is 5.50. The van der Waals surface area contributed by atoms with Gasteiger partial charge in [-0.3, -0.25) is 0 Å². The maximum Gasteiger partial charge on any atom is 0.995 e. The van der Waals surface area contributed by atoms with Gasteiger partial charge in [0.2, 0.25) is 0 Å². The molecule has 4 aromatic carbocycles. The van der Waals surface area contributed by atoms with Crippen LogP contribution in [0.4, 0.5) is 8.63 Å². The summed E-state index contributed by atoms with van der Waals surface area (Å²) >= 11 is 0. The zero-order chi connectivity index (χ0) is 28.5. The minimum absolute atomic E-state index is 0.00263. The lowest BCUT2D eigenvalue weighted by molar-refractivity contribution is -0.183. The van der Waals surface area contributed by atoms with E-state index in [2.05, 4.69) is 9.97 Å². The van der Waals surface area contributed by atoms with Crippen LogP contribution in [-0.2, 0) is 4.65 Å². The lowest BCUT2D eigenvalue weighted by Crippen LogP contribution is -2.31. The van der Waals surface area contributed by atoms with Gasteiger partial charge in [-0.25, -0.2) is 0 Å². The molecule has 0 radical (unpaired) electrons. The van der Waals surface area contributed by atoms with Gasteiger partial charge in [-0.05, 0) is 22.3 Å². The highest BCUT2D eigenvalue weighted by molar-refractivity contribution is 6.52. The molecule has 0 atom stereocenters. The molecule has 2 aromatic heterocycles. The van der Waals surface area contributed by atoms with Gasteiger partial charge in [0.15, 0.2) is 0 Å². The molecular weight excluding hydrogens is 529 g/mol. The van der Waals surface area contributed by atoms with Gasteiger partial charge in [-0.2, -0.15) is 0 Å². The van der Waals surface area contributed by atoms with Crippen molar-refractivity contribution in [2.75, 3.05) is 0 Å². The van der Waals surface area contributed by atoms with Crippen molar-refractivity contribution in [3.63, 3.8) is 0 Å². The molecule has 1 aliphatic heterocycles. The van der Waals surface area contributed by atoms with Crippen molar-refractivity contribution >= 4 is 18.6 Å². The molecule has 0 bridgehead atoms. The van der Waals surface area contributed by atoms with Crippen LogP contribution in [0.3, 0.4) is 0 Å². The Bertz CT molecular complexity index is 1910. The van der Waals surface area contributed by atoms with E-state index < -0.39 is 7.11 Å². The molecule has 0 saturated carbocycles. The van der Waals surface area contributed by atoms with Crippen molar-refractivity contribution in [1.29, 1.82) is 0 Å². The Morgan fingerprint density at radius 3 is 1.40 bits per heavy atom. The number of ketones is 1. The smallest absolute Gasteiger partial charge is 0.568 e. The highest BCUT2D eigenvalue weighted by Crippen LogP contribution is 2.42. The third-order valence-electron chi connectivity index (χ3n) is 7.34. The number of nitrogens with one attached hydrogen (secondary N) is 2. The summed E-state index contributed by atoms with van der Waals surface area (Å²) in [4.78, 5) is 6.47. The second-order valence-corrected chi connectivity index (χ2v) is 10.0. The van der Waals surface area contributed by atoms with Crippen LogP contribution < -0.4 is 0 Å². The number of carbonyl (C=O) groups excluding carboxylic acids is 1. The Kier molecular flexibility index (Phi) is 6.40. The second-order valence-electron chi connectivity index (χ2n) is 10.0. The molecule has 1 aliphatic rings. The van der Waals surface area contributed by atoms with Crippen molar-refractivity contribution < 1.29 is 17.6 Å². The van der Waals surface area contributed by atoms with Crippen molar-refractivity contribution in [2.45, 2.75) is 0 Å². The highest BCUT2D eigenvalue weighted by Gasteiger charge is 2.54. The highest BCUT2D eigenvalue weighted by atomic mass is 19.3. The molecule has 7 heteroatoms. The molecule has 42 heavy (non-hydrogen) atoms. The number of hydrogen-bond acceptors (Lipinski definition) is 1. The first-order chi connectivity index (χ1) is 20.6. The van der Waals surface area contributed by atoms with Crippen LogP contribution in [0.5, 0.6) is 0 Å². The topological polar surface area (TPSA) is 52.1 Å². The molecule has 204 valence electrons. The molecule has 0 unspecified atom stereocenters. The first kappa shape index (κ1) is 25.5. The van der Waals surface area contributed by atoms with Gasteiger partial charge >= 0.3 is 12.9 Å². The maximum atomic E-state index is 15.3. The summed E-state index contributed by atoms with van der Waals surface area (Å²) in [6, 6.07) is 39.0. The number of H-pyrrole nitrogens is 2. The van der Waals surface area contributed by atoms with E-state index in [4.69, 9.17) is 9.00 Å². The fourth-order valence-corrected chi connectivity index (χ4v) is 5.50. The van der Waals surface area contributed by atoms with Gasteiger partial charge < -0.3 is 27.6 Å². The Morgan fingerprint density at radius 1 is 0.524 bits per heavy atom. The third kappa shape index (κ3) is 4.75. The quantitative estimate of drug-likeness (QED) is 0.157. The van der Waals surface area contributed by atoms with Crippen LogP contribution in [0, 0.1) is 0 Å². The second kappa shape index (κ2) is 10.5. The summed E-state index contributed by atoms with van der Waals surface area (Å²) in [5.74, 6) is -0.00526. The summed E-state index contributed by atoms with van der Waals surface area (Å²) in [5.41, 5.74) is 7.82. The van der Waals surface area contributed by atoms with Crippen LogP contribution >= 0.6 is 0 Å². The minimum atomic E-state index is -4.67. The molecule has 0 aliphatic carbocycles. The van der Waals surface area contributed by atoms with E-state index in [1.165, 1.54) is 0 Å². The van der Waals surface area contributed by atoms with Gasteiger partial charge in [0, 0.05) is 34.6 Å². The maximum absolute atomic E-state index is 15.3. The predicted molar refractivity (Wildman–Crippen MR) is 165 cm³/mol. The van der Waals surface area contributed by atoms with Gasteiger partial charge in [0.25, 0.3) is 0 Å². The number of aromatic amines is 2. The predicted octanol–water partition coefficient (Wildman–Crippen LogP) is 9.18. The third-order valence-corrected chi connectivity index (χ3v) is 7.34. The van der Waals surface area contributed by atoms with Crippen molar-refractivity contribution in [1.82, 2.24) is 9.97 Å². The minimum Gasteiger partial charge on any atom is -0.568 e. The van der Waals surface area contributed by atoms with E-state index in [0.717, 1.165) is 44.5 Å². The molecule has 0 amide bonds. The molecule has 0 spiro atoms. The van der Waals surface area contributed by atoms with Crippen molar-refractivity contribution in [3.05, 3.63) is 151 Å². The zero-order valence-corrected chi connectivity index (χ0v) is 22.4. The van der Waals surface area contributed by atoms with E-state index >= 15 is 8.63 Å².